The second kappa shape index (κ2) is 7.89. The molecule has 2 fully saturated rings. The van der Waals surface area contributed by atoms with Crippen molar-refractivity contribution in [3.8, 4) is 0 Å². The number of aliphatic hydroxyl groups is 1. The zero-order chi connectivity index (χ0) is 17.0. The highest BCUT2D eigenvalue weighted by atomic mass is 19.3. The lowest BCUT2D eigenvalue weighted by Crippen LogP contribution is -2.50. The average molecular weight is 339 g/mol. The Kier molecular flexibility index (Phi) is 5.85. The fourth-order valence-electron chi connectivity index (χ4n) is 3.70. The summed E-state index contributed by atoms with van der Waals surface area (Å²) in [6.45, 7) is 1.19. The molecule has 5 heteroatoms. The summed E-state index contributed by atoms with van der Waals surface area (Å²) in [5.41, 5.74) is 1.07. The molecule has 1 saturated carbocycles. The molecule has 0 aromatic heterocycles. The molecule has 1 saturated heterocycles. The van der Waals surface area contributed by atoms with E-state index in [1.54, 1.807) is 0 Å². The first kappa shape index (κ1) is 17.8. The van der Waals surface area contributed by atoms with E-state index in [0.29, 0.717) is 19.5 Å². The Balaban J connectivity index is 1.47. The number of halogens is 2. The van der Waals surface area contributed by atoms with Crippen LogP contribution in [0.1, 0.15) is 37.7 Å². The largest absolute Gasteiger partial charge is 0.393 e. The third-order valence-corrected chi connectivity index (χ3v) is 5.25. The molecule has 0 spiro atoms. The first-order valence-corrected chi connectivity index (χ1v) is 8.97. The van der Waals surface area contributed by atoms with Crippen LogP contribution < -0.4 is 0 Å². The maximum absolute atomic E-state index is 14.5. The highest BCUT2D eigenvalue weighted by Gasteiger charge is 2.44. The van der Waals surface area contributed by atoms with E-state index in [2.05, 4.69) is 0 Å². The van der Waals surface area contributed by atoms with Gasteiger partial charge in [-0.1, -0.05) is 30.3 Å². The maximum Gasteiger partial charge on any atom is 0.265 e. The summed E-state index contributed by atoms with van der Waals surface area (Å²) in [6, 6.07) is 9.77. The minimum absolute atomic E-state index is 0.0338. The van der Waals surface area contributed by atoms with Crippen LogP contribution in [0.5, 0.6) is 0 Å². The highest BCUT2D eigenvalue weighted by Crippen LogP contribution is 2.34. The summed E-state index contributed by atoms with van der Waals surface area (Å²) in [5.74, 6) is -3.40. The van der Waals surface area contributed by atoms with Gasteiger partial charge in [0.1, 0.15) is 0 Å². The monoisotopic (exact) mass is 339 g/mol. The standard InChI is InChI=1S/C19H27F2NO2/c20-19(21)14-22(12-15-4-2-1-3-5-15)11-10-16(19)13-24-18-8-6-17(23)7-9-18/h1-5,16-18,23H,6-14H2. The summed E-state index contributed by atoms with van der Waals surface area (Å²) >= 11 is 0. The van der Waals surface area contributed by atoms with Crippen LogP contribution in [0.25, 0.3) is 0 Å². The lowest BCUT2D eigenvalue weighted by molar-refractivity contribution is -0.144. The third kappa shape index (κ3) is 4.74. The van der Waals surface area contributed by atoms with Gasteiger partial charge in [0.15, 0.2) is 0 Å². The summed E-state index contributed by atoms with van der Waals surface area (Å²) in [7, 11) is 0. The van der Waals surface area contributed by atoms with Gasteiger partial charge < -0.3 is 9.84 Å². The van der Waals surface area contributed by atoms with Gasteiger partial charge in [0.05, 0.1) is 25.4 Å². The smallest absolute Gasteiger partial charge is 0.265 e. The van der Waals surface area contributed by atoms with E-state index in [-0.39, 0.29) is 25.4 Å². The van der Waals surface area contributed by atoms with E-state index < -0.39 is 11.8 Å². The molecular formula is C19H27F2NO2. The molecule has 0 amide bonds. The Morgan fingerprint density at radius 3 is 2.46 bits per heavy atom. The van der Waals surface area contributed by atoms with Crippen molar-refractivity contribution < 1.29 is 18.6 Å². The van der Waals surface area contributed by atoms with Crippen molar-refractivity contribution in [2.75, 3.05) is 19.7 Å². The van der Waals surface area contributed by atoms with E-state index in [4.69, 9.17) is 4.74 Å². The van der Waals surface area contributed by atoms with Gasteiger partial charge in [0, 0.05) is 12.5 Å². The second-order valence-electron chi connectivity index (χ2n) is 7.21. The first-order chi connectivity index (χ1) is 11.5. The highest BCUT2D eigenvalue weighted by molar-refractivity contribution is 5.14. The van der Waals surface area contributed by atoms with Crippen LogP contribution in [0.3, 0.4) is 0 Å². The molecule has 1 N–H and O–H groups in total. The lowest BCUT2D eigenvalue weighted by Gasteiger charge is -2.39. The predicted octanol–water partition coefficient (Wildman–Crippen LogP) is 3.46. The van der Waals surface area contributed by atoms with Crippen molar-refractivity contribution in [2.24, 2.45) is 5.92 Å². The van der Waals surface area contributed by atoms with Crippen molar-refractivity contribution in [2.45, 2.75) is 56.8 Å². The fourth-order valence-corrected chi connectivity index (χ4v) is 3.70. The molecule has 134 valence electrons. The van der Waals surface area contributed by atoms with Crippen molar-refractivity contribution in [1.29, 1.82) is 0 Å². The van der Waals surface area contributed by atoms with Gasteiger partial charge in [-0.2, -0.15) is 0 Å². The first-order valence-electron chi connectivity index (χ1n) is 8.97. The van der Waals surface area contributed by atoms with Crippen molar-refractivity contribution in [1.82, 2.24) is 4.90 Å². The van der Waals surface area contributed by atoms with Gasteiger partial charge in [0.2, 0.25) is 0 Å². The van der Waals surface area contributed by atoms with E-state index in [0.717, 1.165) is 31.2 Å². The number of rotatable bonds is 5. The van der Waals surface area contributed by atoms with Crippen LogP contribution in [0.15, 0.2) is 30.3 Å². The third-order valence-electron chi connectivity index (χ3n) is 5.25. The molecule has 1 unspecified atom stereocenters. The Labute approximate surface area is 142 Å². The van der Waals surface area contributed by atoms with Gasteiger partial charge in [-0.25, -0.2) is 8.78 Å². The van der Waals surface area contributed by atoms with Crippen molar-refractivity contribution in [3.05, 3.63) is 35.9 Å². The SMILES string of the molecule is OC1CCC(OCC2CCN(Cc3ccccc3)CC2(F)F)CC1. The van der Waals surface area contributed by atoms with Crippen LogP contribution in [0.2, 0.25) is 0 Å². The Bertz CT molecular complexity index is 503. The topological polar surface area (TPSA) is 32.7 Å². The molecule has 1 aromatic carbocycles. The molecule has 2 aliphatic rings. The van der Waals surface area contributed by atoms with Gasteiger partial charge in [-0.15, -0.1) is 0 Å². The molecule has 24 heavy (non-hydrogen) atoms. The fraction of sp³-hybridized carbons (Fsp3) is 0.684. The molecule has 1 aliphatic heterocycles. The minimum atomic E-state index is -2.71. The molecule has 1 atom stereocenters. The van der Waals surface area contributed by atoms with E-state index in [1.807, 2.05) is 35.2 Å². The van der Waals surface area contributed by atoms with Crippen molar-refractivity contribution >= 4 is 0 Å². The minimum Gasteiger partial charge on any atom is -0.393 e. The quantitative estimate of drug-likeness (QED) is 0.892. The number of alkyl halides is 2. The number of piperidine rings is 1. The second-order valence-corrected chi connectivity index (χ2v) is 7.21. The van der Waals surface area contributed by atoms with E-state index in [9.17, 15) is 13.9 Å². The predicted molar refractivity (Wildman–Crippen MR) is 89.0 cm³/mol. The van der Waals surface area contributed by atoms with Gasteiger partial charge in [-0.05, 0) is 44.2 Å². The number of hydrogen-bond donors (Lipinski definition) is 1. The molecule has 1 aromatic rings. The number of nitrogens with zero attached hydrogens (tertiary/aromatic N) is 1. The van der Waals surface area contributed by atoms with Crippen LogP contribution >= 0.6 is 0 Å². The lowest BCUT2D eigenvalue weighted by atomic mass is 9.92. The number of benzene rings is 1. The molecule has 3 rings (SSSR count). The summed E-state index contributed by atoms with van der Waals surface area (Å²) in [5, 5.41) is 9.50. The molecule has 3 nitrogen and oxygen atoms in total. The van der Waals surface area contributed by atoms with Gasteiger partial charge in [-0.3, -0.25) is 4.90 Å². The van der Waals surface area contributed by atoms with Crippen LogP contribution in [-0.2, 0) is 11.3 Å². The van der Waals surface area contributed by atoms with Gasteiger partial charge >= 0.3 is 0 Å². The Morgan fingerprint density at radius 2 is 1.79 bits per heavy atom. The van der Waals surface area contributed by atoms with E-state index in [1.165, 1.54) is 0 Å². The molecule has 1 aliphatic carbocycles. The summed E-state index contributed by atoms with van der Waals surface area (Å²) < 4.78 is 34.7. The zero-order valence-corrected chi connectivity index (χ0v) is 14.0. The summed E-state index contributed by atoms with van der Waals surface area (Å²) in [4.78, 5) is 1.84. The van der Waals surface area contributed by atoms with Crippen molar-refractivity contribution in [3.63, 3.8) is 0 Å². The zero-order valence-electron chi connectivity index (χ0n) is 14.0. The number of hydrogen-bond acceptors (Lipinski definition) is 3. The van der Waals surface area contributed by atoms with Gasteiger partial charge in [0.25, 0.3) is 5.92 Å². The molecular weight excluding hydrogens is 312 g/mol. The average Bonchev–Trinajstić information content (AvgIpc) is 2.56. The molecule has 1 heterocycles. The summed E-state index contributed by atoms with van der Waals surface area (Å²) in [6.07, 6.45) is 3.25. The Hall–Kier alpha value is -1.04. The molecule has 0 bridgehead atoms. The van der Waals surface area contributed by atoms with Crippen LogP contribution in [-0.4, -0.2) is 47.8 Å². The Morgan fingerprint density at radius 1 is 1.08 bits per heavy atom. The van der Waals surface area contributed by atoms with Crippen LogP contribution in [0, 0.1) is 5.92 Å². The number of likely N-dealkylation sites (tertiary alicyclic amines) is 1. The normalized spacial score (nSPS) is 31.0. The van der Waals surface area contributed by atoms with E-state index >= 15 is 0 Å². The molecule has 0 radical (unpaired) electrons. The number of aliphatic hydroxyl groups excluding tert-OH is 1. The van der Waals surface area contributed by atoms with Crippen LogP contribution in [0.4, 0.5) is 8.78 Å². The number of ether oxygens (including phenoxy) is 1. The maximum atomic E-state index is 14.5.